The summed E-state index contributed by atoms with van der Waals surface area (Å²) in [6.45, 7) is 7.40. The quantitative estimate of drug-likeness (QED) is 0.778. The van der Waals surface area contributed by atoms with Crippen molar-refractivity contribution >= 4 is 0 Å². The topological polar surface area (TPSA) is 26.0 Å². The first-order chi connectivity index (χ1) is 6.69. The number of benzene rings is 1. The maximum absolute atomic E-state index is 5.62. The van der Waals surface area contributed by atoms with E-state index in [4.69, 9.17) is 5.73 Å². The van der Waals surface area contributed by atoms with Crippen LogP contribution in [-0.4, -0.2) is 6.54 Å². The summed E-state index contributed by atoms with van der Waals surface area (Å²) in [5.41, 5.74) is 9.86. The highest BCUT2D eigenvalue weighted by Gasteiger charge is 2.08. The molecule has 0 heterocycles. The molecular weight excluding hydrogens is 170 g/mol. The highest BCUT2D eigenvalue weighted by molar-refractivity contribution is 5.34. The van der Waals surface area contributed by atoms with Crippen LogP contribution in [-0.2, 0) is 6.42 Å². The molecule has 1 rings (SSSR count). The van der Waals surface area contributed by atoms with Crippen molar-refractivity contribution in [3.8, 4) is 0 Å². The van der Waals surface area contributed by atoms with Crippen LogP contribution in [0.25, 0.3) is 0 Å². The molecule has 0 radical (unpaired) electrons. The first kappa shape index (κ1) is 11.3. The Morgan fingerprint density at radius 3 is 2.64 bits per heavy atom. The Morgan fingerprint density at radius 2 is 2.07 bits per heavy atom. The van der Waals surface area contributed by atoms with Crippen LogP contribution in [0.1, 0.15) is 42.9 Å². The van der Waals surface area contributed by atoms with Gasteiger partial charge in [0.2, 0.25) is 0 Å². The smallest absolute Gasteiger partial charge is 0.00366 e. The van der Waals surface area contributed by atoms with E-state index in [0.29, 0.717) is 5.92 Å². The minimum atomic E-state index is 0.650. The van der Waals surface area contributed by atoms with Crippen molar-refractivity contribution in [3.63, 3.8) is 0 Å². The highest BCUT2D eigenvalue weighted by Crippen LogP contribution is 2.23. The average Bonchev–Trinajstić information content (AvgIpc) is 2.17. The fraction of sp³-hybridized carbons (Fsp3) is 0.538. The zero-order valence-electron chi connectivity index (χ0n) is 9.51. The van der Waals surface area contributed by atoms with Gasteiger partial charge in [0.15, 0.2) is 0 Å². The van der Waals surface area contributed by atoms with Crippen LogP contribution in [0.15, 0.2) is 18.2 Å². The Hall–Kier alpha value is -0.820. The van der Waals surface area contributed by atoms with Gasteiger partial charge in [0, 0.05) is 0 Å². The molecule has 1 atom stereocenters. The van der Waals surface area contributed by atoms with Crippen molar-refractivity contribution in [1.82, 2.24) is 0 Å². The van der Waals surface area contributed by atoms with E-state index in [1.54, 1.807) is 0 Å². The summed E-state index contributed by atoms with van der Waals surface area (Å²) in [4.78, 5) is 0. The molecular formula is C13H21N. The lowest BCUT2D eigenvalue weighted by Crippen LogP contribution is -2.07. The number of nitrogens with two attached hydrogens (primary N) is 1. The zero-order valence-corrected chi connectivity index (χ0v) is 9.51. The molecule has 0 aromatic heterocycles. The molecule has 2 N–H and O–H groups in total. The van der Waals surface area contributed by atoms with E-state index in [-0.39, 0.29) is 0 Å². The maximum atomic E-state index is 5.62. The first-order valence-electron chi connectivity index (χ1n) is 5.48. The Kier molecular flexibility index (Phi) is 4.15. The van der Waals surface area contributed by atoms with E-state index in [0.717, 1.165) is 13.0 Å². The molecule has 78 valence electrons. The van der Waals surface area contributed by atoms with Crippen molar-refractivity contribution in [3.05, 3.63) is 34.9 Å². The molecule has 14 heavy (non-hydrogen) atoms. The molecule has 1 aromatic rings. The zero-order chi connectivity index (χ0) is 10.6. The van der Waals surface area contributed by atoms with E-state index in [1.165, 1.54) is 23.1 Å². The van der Waals surface area contributed by atoms with Gasteiger partial charge in [-0.05, 0) is 43.4 Å². The molecule has 0 aliphatic carbocycles. The van der Waals surface area contributed by atoms with Crippen LogP contribution in [0.5, 0.6) is 0 Å². The highest BCUT2D eigenvalue weighted by atomic mass is 14.5. The lowest BCUT2D eigenvalue weighted by molar-refractivity contribution is 0.720. The molecule has 0 aliphatic rings. The second kappa shape index (κ2) is 5.16. The van der Waals surface area contributed by atoms with Gasteiger partial charge in [0.1, 0.15) is 0 Å². The Bertz CT molecular complexity index is 291. The van der Waals surface area contributed by atoms with Gasteiger partial charge in [-0.1, -0.05) is 37.6 Å². The predicted octanol–water partition coefficient (Wildman–Crippen LogP) is 3.01. The Morgan fingerprint density at radius 1 is 1.36 bits per heavy atom. The van der Waals surface area contributed by atoms with Gasteiger partial charge < -0.3 is 5.73 Å². The molecule has 0 aliphatic heterocycles. The molecule has 1 nitrogen and oxygen atoms in total. The monoisotopic (exact) mass is 191 g/mol. The molecule has 1 aromatic carbocycles. The fourth-order valence-electron chi connectivity index (χ4n) is 1.81. The van der Waals surface area contributed by atoms with E-state index in [9.17, 15) is 0 Å². The Balaban J connectivity index is 3.01. The number of rotatable bonds is 4. The van der Waals surface area contributed by atoms with Crippen molar-refractivity contribution in [2.45, 2.75) is 39.5 Å². The summed E-state index contributed by atoms with van der Waals surface area (Å²) in [6.07, 6.45) is 2.20. The van der Waals surface area contributed by atoms with Crippen LogP contribution < -0.4 is 5.73 Å². The molecule has 0 bridgehead atoms. The third-order valence-electron chi connectivity index (χ3n) is 2.86. The van der Waals surface area contributed by atoms with Crippen molar-refractivity contribution < 1.29 is 0 Å². The number of aryl methyl sites for hydroxylation is 1. The van der Waals surface area contributed by atoms with E-state index < -0.39 is 0 Å². The third-order valence-corrected chi connectivity index (χ3v) is 2.86. The van der Waals surface area contributed by atoms with E-state index in [2.05, 4.69) is 39.0 Å². The summed E-state index contributed by atoms with van der Waals surface area (Å²) in [5.74, 6) is 0.650. The Labute approximate surface area is 87.3 Å². The predicted molar refractivity (Wildman–Crippen MR) is 62.6 cm³/mol. The normalized spacial score (nSPS) is 12.9. The molecule has 1 heteroatoms. The summed E-state index contributed by atoms with van der Waals surface area (Å²) in [7, 11) is 0. The summed E-state index contributed by atoms with van der Waals surface area (Å²) in [6, 6.07) is 6.73. The molecule has 0 amide bonds. The van der Waals surface area contributed by atoms with E-state index >= 15 is 0 Å². The summed E-state index contributed by atoms with van der Waals surface area (Å²) < 4.78 is 0. The first-order valence-corrected chi connectivity index (χ1v) is 5.48. The van der Waals surface area contributed by atoms with Gasteiger partial charge in [-0.2, -0.15) is 0 Å². The van der Waals surface area contributed by atoms with Crippen molar-refractivity contribution in [2.75, 3.05) is 6.54 Å². The lowest BCUT2D eigenvalue weighted by atomic mass is 9.91. The standard InChI is InChI=1S/C13H21N/c1-4-11(3)13-6-5-10(2)9-12(13)7-8-14/h5-6,9,11H,4,7-8,14H2,1-3H3. The lowest BCUT2D eigenvalue weighted by Gasteiger charge is -2.15. The molecule has 0 saturated carbocycles. The van der Waals surface area contributed by atoms with Gasteiger partial charge in [-0.3, -0.25) is 0 Å². The summed E-state index contributed by atoms with van der Waals surface area (Å²) >= 11 is 0. The van der Waals surface area contributed by atoms with Gasteiger partial charge >= 0.3 is 0 Å². The third kappa shape index (κ3) is 2.58. The van der Waals surface area contributed by atoms with Gasteiger partial charge in [-0.25, -0.2) is 0 Å². The van der Waals surface area contributed by atoms with Crippen molar-refractivity contribution in [2.24, 2.45) is 5.73 Å². The molecule has 0 fully saturated rings. The number of hydrogen-bond acceptors (Lipinski definition) is 1. The maximum Gasteiger partial charge on any atom is -0.00366 e. The van der Waals surface area contributed by atoms with Crippen LogP contribution in [0, 0.1) is 6.92 Å². The largest absolute Gasteiger partial charge is 0.330 e. The molecule has 1 unspecified atom stereocenters. The fourth-order valence-corrected chi connectivity index (χ4v) is 1.81. The minimum Gasteiger partial charge on any atom is -0.330 e. The van der Waals surface area contributed by atoms with E-state index in [1.807, 2.05) is 0 Å². The second-order valence-electron chi connectivity index (χ2n) is 4.05. The van der Waals surface area contributed by atoms with Crippen LogP contribution in [0.3, 0.4) is 0 Å². The minimum absolute atomic E-state index is 0.650. The van der Waals surface area contributed by atoms with Crippen LogP contribution in [0.2, 0.25) is 0 Å². The second-order valence-corrected chi connectivity index (χ2v) is 4.05. The van der Waals surface area contributed by atoms with Gasteiger partial charge in [0.05, 0.1) is 0 Å². The van der Waals surface area contributed by atoms with Gasteiger partial charge in [0.25, 0.3) is 0 Å². The average molecular weight is 191 g/mol. The van der Waals surface area contributed by atoms with Gasteiger partial charge in [-0.15, -0.1) is 0 Å². The van der Waals surface area contributed by atoms with Crippen molar-refractivity contribution in [1.29, 1.82) is 0 Å². The number of hydrogen-bond donors (Lipinski definition) is 1. The van der Waals surface area contributed by atoms with Crippen LogP contribution >= 0.6 is 0 Å². The van der Waals surface area contributed by atoms with Crippen LogP contribution in [0.4, 0.5) is 0 Å². The summed E-state index contributed by atoms with van der Waals surface area (Å²) in [5, 5.41) is 0. The molecule has 0 spiro atoms. The molecule has 0 saturated heterocycles. The SMILES string of the molecule is CCC(C)c1ccc(C)cc1CCN.